The van der Waals surface area contributed by atoms with E-state index >= 15 is 0 Å². The first-order valence-corrected chi connectivity index (χ1v) is 6.85. The molecule has 0 aromatic heterocycles. The molecule has 0 radical (unpaired) electrons. The molecule has 1 unspecified atom stereocenters. The maximum Gasteiger partial charge on any atom is 0.253 e. The first-order valence-electron chi connectivity index (χ1n) is 6.85. The number of rotatable bonds is 5. The fraction of sp³-hybridized carbons (Fsp3) is 0.467. The van der Waals surface area contributed by atoms with E-state index in [1.165, 1.54) is 17.0 Å². The van der Waals surface area contributed by atoms with Crippen LogP contribution in [0.3, 0.4) is 0 Å². The summed E-state index contributed by atoms with van der Waals surface area (Å²) >= 11 is 0. The molecule has 0 saturated carbocycles. The van der Waals surface area contributed by atoms with E-state index in [0.717, 1.165) is 5.56 Å². The first-order chi connectivity index (χ1) is 9.80. The van der Waals surface area contributed by atoms with E-state index in [-0.39, 0.29) is 37.2 Å². The van der Waals surface area contributed by atoms with E-state index in [9.17, 15) is 19.1 Å². The summed E-state index contributed by atoms with van der Waals surface area (Å²) in [6.07, 6.45) is 0.878. The fourth-order valence-corrected chi connectivity index (χ4v) is 2.48. The second-order valence-corrected chi connectivity index (χ2v) is 5.79. The number of benzene rings is 1. The molecule has 1 aromatic carbocycles. The van der Waals surface area contributed by atoms with Crippen molar-refractivity contribution in [1.82, 2.24) is 4.90 Å². The summed E-state index contributed by atoms with van der Waals surface area (Å²) in [6, 6.07) is 6.29. The number of likely N-dealkylation sites (tertiary alicyclic amines) is 1. The van der Waals surface area contributed by atoms with Gasteiger partial charge in [-0.05, 0) is 30.0 Å². The van der Waals surface area contributed by atoms with E-state index in [4.69, 9.17) is 5.73 Å². The van der Waals surface area contributed by atoms with Crippen LogP contribution in [0.1, 0.15) is 18.9 Å². The van der Waals surface area contributed by atoms with Gasteiger partial charge in [-0.1, -0.05) is 19.1 Å². The van der Waals surface area contributed by atoms with Crippen molar-refractivity contribution in [2.24, 2.45) is 11.7 Å². The van der Waals surface area contributed by atoms with Gasteiger partial charge in [-0.3, -0.25) is 9.59 Å². The van der Waals surface area contributed by atoms with Gasteiger partial charge >= 0.3 is 0 Å². The van der Waals surface area contributed by atoms with Gasteiger partial charge in [0, 0.05) is 6.42 Å². The highest BCUT2D eigenvalue weighted by Gasteiger charge is 2.48. The van der Waals surface area contributed by atoms with Gasteiger partial charge in [0.05, 0.1) is 13.1 Å². The Morgan fingerprint density at radius 3 is 2.71 bits per heavy atom. The van der Waals surface area contributed by atoms with Gasteiger partial charge < -0.3 is 15.7 Å². The van der Waals surface area contributed by atoms with Crippen molar-refractivity contribution in [2.45, 2.75) is 25.4 Å². The molecule has 0 spiro atoms. The minimum atomic E-state index is -1.58. The quantitative estimate of drug-likeness (QED) is 0.827. The van der Waals surface area contributed by atoms with Crippen LogP contribution in [0.5, 0.6) is 0 Å². The highest BCUT2D eigenvalue weighted by Crippen LogP contribution is 2.23. The number of carbonyl (C=O) groups is 2. The van der Waals surface area contributed by atoms with Gasteiger partial charge in [-0.2, -0.15) is 0 Å². The highest BCUT2D eigenvalue weighted by atomic mass is 19.1. The number of halogens is 1. The van der Waals surface area contributed by atoms with Crippen LogP contribution in [-0.2, 0) is 16.0 Å². The summed E-state index contributed by atoms with van der Waals surface area (Å²) in [7, 11) is 0. The molecule has 0 bridgehead atoms. The van der Waals surface area contributed by atoms with Crippen molar-refractivity contribution in [2.75, 3.05) is 13.1 Å². The Labute approximate surface area is 122 Å². The number of nitrogens with two attached hydrogens (primary N) is 1. The standard InChI is InChI=1S/C15H19FN2O3/c1-10(5-11-3-2-4-12(16)7-11)6-13(19)18-8-15(21,9-18)14(17)20/h2-4,7,10,21H,5-6,8-9H2,1H3,(H2,17,20). The smallest absolute Gasteiger partial charge is 0.253 e. The summed E-state index contributed by atoms with van der Waals surface area (Å²) in [5, 5.41) is 9.70. The second-order valence-electron chi connectivity index (χ2n) is 5.79. The van der Waals surface area contributed by atoms with Gasteiger partial charge in [-0.15, -0.1) is 0 Å². The maximum absolute atomic E-state index is 13.1. The Kier molecular flexibility index (Phi) is 4.27. The lowest BCUT2D eigenvalue weighted by Gasteiger charge is -2.44. The van der Waals surface area contributed by atoms with Crippen molar-refractivity contribution in [3.05, 3.63) is 35.6 Å². The van der Waals surface area contributed by atoms with Gasteiger partial charge in [0.2, 0.25) is 5.91 Å². The normalized spacial score (nSPS) is 18.0. The van der Waals surface area contributed by atoms with Crippen molar-refractivity contribution < 1.29 is 19.1 Å². The molecule has 2 amide bonds. The van der Waals surface area contributed by atoms with Gasteiger partial charge in [0.15, 0.2) is 5.60 Å². The summed E-state index contributed by atoms with van der Waals surface area (Å²) in [4.78, 5) is 24.4. The number of amides is 2. The van der Waals surface area contributed by atoms with Crippen molar-refractivity contribution in [1.29, 1.82) is 0 Å². The molecular formula is C15H19FN2O3. The predicted octanol–water partition coefficient (Wildman–Crippen LogP) is 0.453. The molecule has 2 rings (SSSR count). The molecule has 1 fully saturated rings. The second kappa shape index (κ2) is 5.81. The SMILES string of the molecule is CC(CC(=O)N1CC(O)(C(N)=O)C1)Cc1cccc(F)c1. The van der Waals surface area contributed by atoms with Crippen LogP contribution in [0, 0.1) is 11.7 Å². The minimum absolute atomic E-state index is 0.0431. The molecule has 1 aliphatic rings. The first kappa shape index (κ1) is 15.4. The zero-order valence-corrected chi connectivity index (χ0v) is 11.9. The molecule has 1 aromatic rings. The van der Waals surface area contributed by atoms with Crippen LogP contribution in [-0.4, -0.2) is 40.5 Å². The Hall–Kier alpha value is -1.95. The lowest BCUT2D eigenvalue weighted by Crippen LogP contribution is -2.69. The molecular weight excluding hydrogens is 275 g/mol. The molecule has 21 heavy (non-hydrogen) atoms. The van der Waals surface area contributed by atoms with Gasteiger partial charge in [0.1, 0.15) is 5.82 Å². The third-order valence-corrected chi connectivity index (χ3v) is 3.71. The molecule has 5 nitrogen and oxygen atoms in total. The molecule has 114 valence electrons. The van der Waals surface area contributed by atoms with E-state index < -0.39 is 11.5 Å². The van der Waals surface area contributed by atoms with Crippen LogP contribution < -0.4 is 5.73 Å². The zero-order valence-electron chi connectivity index (χ0n) is 11.9. The van der Waals surface area contributed by atoms with Crippen LogP contribution in [0.2, 0.25) is 0 Å². The maximum atomic E-state index is 13.1. The fourth-order valence-electron chi connectivity index (χ4n) is 2.48. The summed E-state index contributed by atoms with van der Waals surface area (Å²) < 4.78 is 13.1. The summed E-state index contributed by atoms with van der Waals surface area (Å²) in [6.45, 7) is 1.81. The number of hydrogen-bond donors (Lipinski definition) is 2. The topological polar surface area (TPSA) is 83.6 Å². The van der Waals surface area contributed by atoms with E-state index in [0.29, 0.717) is 6.42 Å². The third kappa shape index (κ3) is 3.58. The molecule has 6 heteroatoms. The molecule has 3 N–H and O–H groups in total. The van der Waals surface area contributed by atoms with Crippen LogP contribution in [0.15, 0.2) is 24.3 Å². The summed E-state index contributed by atoms with van der Waals surface area (Å²) in [5.41, 5.74) is 4.31. The number of hydrogen-bond acceptors (Lipinski definition) is 3. The van der Waals surface area contributed by atoms with Gasteiger partial charge in [0.25, 0.3) is 5.91 Å². The minimum Gasteiger partial charge on any atom is -0.377 e. The number of primary amides is 1. The van der Waals surface area contributed by atoms with E-state index in [1.807, 2.05) is 13.0 Å². The van der Waals surface area contributed by atoms with Crippen molar-refractivity contribution in [3.8, 4) is 0 Å². The lowest BCUT2D eigenvalue weighted by atomic mass is 9.91. The van der Waals surface area contributed by atoms with E-state index in [2.05, 4.69) is 0 Å². The average molecular weight is 294 g/mol. The molecule has 0 aliphatic carbocycles. The summed E-state index contributed by atoms with van der Waals surface area (Å²) in [5.74, 6) is -1.19. The number of carbonyl (C=O) groups excluding carboxylic acids is 2. The average Bonchev–Trinajstić information content (AvgIpc) is 2.34. The van der Waals surface area contributed by atoms with Crippen LogP contribution >= 0.6 is 0 Å². The van der Waals surface area contributed by atoms with Gasteiger partial charge in [-0.25, -0.2) is 4.39 Å². The van der Waals surface area contributed by atoms with Crippen LogP contribution in [0.4, 0.5) is 4.39 Å². The number of nitrogens with zero attached hydrogens (tertiary/aromatic N) is 1. The monoisotopic (exact) mass is 294 g/mol. The zero-order chi connectivity index (χ0) is 15.6. The number of aliphatic hydroxyl groups is 1. The van der Waals surface area contributed by atoms with Crippen LogP contribution in [0.25, 0.3) is 0 Å². The largest absolute Gasteiger partial charge is 0.377 e. The van der Waals surface area contributed by atoms with Crippen molar-refractivity contribution in [3.63, 3.8) is 0 Å². The third-order valence-electron chi connectivity index (χ3n) is 3.71. The molecule has 1 heterocycles. The predicted molar refractivity (Wildman–Crippen MR) is 74.6 cm³/mol. The Morgan fingerprint density at radius 2 is 2.14 bits per heavy atom. The van der Waals surface area contributed by atoms with Crippen molar-refractivity contribution >= 4 is 11.8 Å². The number of β-amino-alcohol motifs (C(OH)–C–C–N with tert-alkyl or cyclic N) is 1. The Balaban J connectivity index is 1.82. The Morgan fingerprint density at radius 1 is 1.48 bits per heavy atom. The molecule has 1 saturated heterocycles. The molecule has 1 atom stereocenters. The molecule has 1 aliphatic heterocycles. The lowest BCUT2D eigenvalue weighted by molar-refractivity contribution is -0.166. The van der Waals surface area contributed by atoms with E-state index in [1.54, 1.807) is 6.07 Å². The Bertz CT molecular complexity index is 556. The highest BCUT2D eigenvalue weighted by molar-refractivity contribution is 5.88.